The molecule has 0 aliphatic rings. The Labute approximate surface area is 128 Å². The SMILES string of the molecule is CS(=O)(=O)c1ccc(SCC(N)c2ccc(F)cc2)cc1. The average Bonchev–Trinajstić information content (AvgIpc) is 2.45. The summed E-state index contributed by atoms with van der Waals surface area (Å²) in [6.45, 7) is 0. The van der Waals surface area contributed by atoms with E-state index in [4.69, 9.17) is 5.73 Å². The van der Waals surface area contributed by atoms with Gasteiger partial charge in [0.2, 0.25) is 0 Å². The highest BCUT2D eigenvalue weighted by atomic mass is 32.2. The molecule has 0 saturated carbocycles. The molecule has 0 saturated heterocycles. The summed E-state index contributed by atoms with van der Waals surface area (Å²) in [5, 5.41) is 0. The van der Waals surface area contributed by atoms with Crippen LogP contribution in [0.15, 0.2) is 58.3 Å². The zero-order valence-corrected chi connectivity index (χ0v) is 13.1. The fourth-order valence-corrected chi connectivity index (χ4v) is 3.30. The number of sulfone groups is 1. The maximum absolute atomic E-state index is 12.8. The van der Waals surface area contributed by atoms with Crippen molar-refractivity contribution >= 4 is 21.6 Å². The van der Waals surface area contributed by atoms with Gasteiger partial charge in [0, 0.05) is 22.9 Å². The molecule has 2 aromatic rings. The van der Waals surface area contributed by atoms with Crippen molar-refractivity contribution in [1.82, 2.24) is 0 Å². The molecule has 2 rings (SSSR count). The highest BCUT2D eigenvalue weighted by Gasteiger charge is 2.09. The summed E-state index contributed by atoms with van der Waals surface area (Å²) in [6.07, 6.45) is 1.18. The third kappa shape index (κ3) is 4.56. The van der Waals surface area contributed by atoms with Crippen LogP contribution in [0.5, 0.6) is 0 Å². The van der Waals surface area contributed by atoms with E-state index in [9.17, 15) is 12.8 Å². The lowest BCUT2D eigenvalue weighted by molar-refractivity contribution is 0.602. The second kappa shape index (κ2) is 6.60. The zero-order chi connectivity index (χ0) is 15.5. The molecule has 2 aromatic carbocycles. The van der Waals surface area contributed by atoms with E-state index in [0.717, 1.165) is 10.5 Å². The molecule has 0 amide bonds. The molecule has 0 bridgehead atoms. The van der Waals surface area contributed by atoms with Crippen LogP contribution in [0, 0.1) is 5.82 Å². The van der Waals surface area contributed by atoms with Gasteiger partial charge in [-0.15, -0.1) is 11.8 Å². The third-order valence-electron chi connectivity index (χ3n) is 2.98. The molecule has 0 fully saturated rings. The number of nitrogens with two attached hydrogens (primary N) is 1. The Bertz CT molecular complexity index is 697. The Kier molecular flexibility index (Phi) is 5.03. The minimum absolute atomic E-state index is 0.204. The second-order valence-corrected chi connectivity index (χ2v) is 7.82. The van der Waals surface area contributed by atoms with Gasteiger partial charge < -0.3 is 5.73 Å². The quantitative estimate of drug-likeness (QED) is 0.859. The molecule has 0 spiro atoms. The number of hydrogen-bond acceptors (Lipinski definition) is 4. The summed E-state index contributed by atoms with van der Waals surface area (Å²) in [7, 11) is -3.17. The molecule has 2 N–H and O–H groups in total. The van der Waals surface area contributed by atoms with E-state index in [1.165, 1.54) is 30.2 Å². The average molecular weight is 325 g/mol. The molecule has 0 aliphatic carbocycles. The molecule has 0 heterocycles. The molecule has 0 radical (unpaired) electrons. The fraction of sp³-hybridized carbons (Fsp3) is 0.200. The summed E-state index contributed by atoms with van der Waals surface area (Å²) < 4.78 is 35.6. The van der Waals surface area contributed by atoms with Crippen LogP contribution in [0.1, 0.15) is 11.6 Å². The zero-order valence-electron chi connectivity index (χ0n) is 11.5. The lowest BCUT2D eigenvalue weighted by atomic mass is 10.1. The number of rotatable bonds is 5. The van der Waals surface area contributed by atoms with Crippen LogP contribution < -0.4 is 5.73 Å². The van der Waals surface area contributed by atoms with E-state index >= 15 is 0 Å². The highest BCUT2D eigenvalue weighted by Crippen LogP contribution is 2.24. The van der Waals surface area contributed by atoms with Crippen molar-refractivity contribution < 1.29 is 12.8 Å². The molecule has 112 valence electrons. The van der Waals surface area contributed by atoms with Crippen LogP contribution in [0.4, 0.5) is 4.39 Å². The van der Waals surface area contributed by atoms with Crippen LogP contribution in [0.3, 0.4) is 0 Å². The van der Waals surface area contributed by atoms with Crippen LogP contribution in [-0.2, 0) is 9.84 Å². The maximum atomic E-state index is 12.8. The highest BCUT2D eigenvalue weighted by molar-refractivity contribution is 7.99. The standard InChI is InChI=1S/C15H16FNO2S2/c1-21(18,19)14-8-6-13(7-9-14)20-10-15(17)11-2-4-12(16)5-3-11/h2-9,15H,10,17H2,1H3. The van der Waals surface area contributed by atoms with E-state index in [1.807, 2.05) is 0 Å². The van der Waals surface area contributed by atoms with Gasteiger partial charge in [-0.2, -0.15) is 0 Å². The summed E-state index contributed by atoms with van der Waals surface area (Å²) in [5.74, 6) is 0.346. The first-order chi connectivity index (χ1) is 9.86. The second-order valence-electron chi connectivity index (χ2n) is 4.71. The third-order valence-corrected chi connectivity index (χ3v) is 5.24. The van der Waals surface area contributed by atoms with Crippen LogP contribution in [-0.4, -0.2) is 20.4 Å². The minimum atomic E-state index is -3.17. The first-order valence-corrected chi connectivity index (χ1v) is 9.18. The molecule has 1 atom stereocenters. The van der Waals surface area contributed by atoms with Crippen molar-refractivity contribution in [2.45, 2.75) is 15.8 Å². The monoisotopic (exact) mass is 325 g/mol. The van der Waals surface area contributed by atoms with Gasteiger partial charge in [0.05, 0.1) is 4.90 Å². The van der Waals surface area contributed by atoms with Gasteiger partial charge >= 0.3 is 0 Å². The molecule has 3 nitrogen and oxygen atoms in total. The lowest BCUT2D eigenvalue weighted by Crippen LogP contribution is -2.12. The minimum Gasteiger partial charge on any atom is -0.323 e. The summed E-state index contributed by atoms with van der Waals surface area (Å²) in [5.41, 5.74) is 6.92. The molecule has 0 aliphatic heterocycles. The van der Waals surface area contributed by atoms with E-state index in [1.54, 1.807) is 36.4 Å². The van der Waals surface area contributed by atoms with Crippen LogP contribution in [0.2, 0.25) is 0 Å². The first kappa shape index (κ1) is 16.0. The van der Waals surface area contributed by atoms with E-state index in [0.29, 0.717) is 10.6 Å². The number of benzene rings is 2. The largest absolute Gasteiger partial charge is 0.323 e. The molecule has 21 heavy (non-hydrogen) atoms. The number of thioether (sulfide) groups is 1. The van der Waals surface area contributed by atoms with Crippen molar-refractivity contribution in [1.29, 1.82) is 0 Å². The van der Waals surface area contributed by atoms with Crippen molar-refractivity contribution in [3.63, 3.8) is 0 Å². The lowest BCUT2D eigenvalue weighted by Gasteiger charge is -2.11. The van der Waals surface area contributed by atoms with Gasteiger partial charge in [0.1, 0.15) is 5.82 Å². The van der Waals surface area contributed by atoms with Crippen LogP contribution in [0.25, 0.3) is 0 Å². The van der Waals surface area contributed by atoms with Gasteiger partial charge in [0.15, 0.2) is 9.84 Å². The fourth-order valence-electron chi connectivity index (χ4n) is 1.78. The van der Waals surface area contributed by atoms with Gasteiger partial charge in [0.25, 0.3) is 0 Å². The predicted molar refractivity (Wildman–Crippen MR) is 83.6 cm³/mol. The van der Waals surface area contributed by atoms with Crippen molar-refractivity contribution in [2.75, 3.05) is 12.0 Å². The molecule has 1 unspecified atom stereocenters. The van der Waals surface area contributed by atoms with Gasteiger partial charge in [-0.1, -0.05) is 12.1 Å². The Morgan fingerprint density at radius 2 is 1.67 bits per heavy atom. The normalized spacial score (nSPS) is 13.1. The van der Waals surface area contributed by atoms with Gasteiger partial charge in [-0.3, -0.25) is 0 Å². The Morgan fingerprint density at radius 1 is 1.10 bits per heavy atom. The summed E-state index contributed by atoms with van der Waals surface area (Å²) in [6, 6.07) is 12.6. The molecular formula is C15H16FNO2S2. The topological polar surface area (TPSA) is 60.2 Å². The Hall–Kier alpha value is -1.37. The Balaban J connectivity index is 1.98. The van der Waals surface area contributed by atoms with Crippen LogP contribution >= 0.6 is 11.8 Å². The van der Waals surface area contributed by atoms with Gasteiger partial charge in [-0.25, -0.2) is 12.8 Å². The molecule has 0 aromatic heterocycles. The molecular weight excluding hydrogens is 309 g/mol. The van der Waals surface area contributed by atoms with Crippen molar-refractivity contribution in [3.8, 4) is 0 Å². The van der Waals surface area contributed by atoms with E-state index in [-0.39, 0.29) is 11.9 Å². The Morgan fingerprint density at radius 3 is 2.19 bits per heavy atom. The predicted octanol–water partition coefficient (Wildman–Crippen LogP) is 3.02. The van der Waals surface area contributed by atoms with E-state index in [2.05, 4.69) is 0 Å². The number of hydrogen-bond donors (Lipinski definition) is 1. The van der Waals surface area contributed by atoms with Crippen molar-refractivity contribution in [2.24, 2.45) is 5.73 Å². The van der Waals surface area contributed by atoms with Gasteiger partial charge in [-0.05, 0) is 42.0 Å². The first-order valence-electron chi connectivity index (χ1n) is 6.30. The smallest absolute Gasteiger partial charge is 0.175 e. The summed E-state index contributed by atoms with van der Waals surface area (Å²) >= 11 is 1.53. The van der Waals surface area contributed by atoms with E-state index < -0.39 is 9.84 Å². The maximum Gasteiger partial charge on any atom is 0.175 e. The number of halogens is 1. The summed E-state index contributed by atoms with van der Waals surface area (Å²) in [4.78, 5) is 1.25. The van der Waals surface area contributed by atoms with Crippen molar-refractivity contribution in [3.05, 3.63) is 59.9 Å². The molecule has 6 heteroatoms.